The molecule has 3 heteroatoms. The summed E-state index contributed by atoms with van der Waals surface area (Å²) in [4.78, 5) is 12.1. The molecule has 0 heterocycles. The molecule has 0 fully saturated rings. The van der Waals surface area contributed by atoms with Crippen LogP contribution in [-0.4, -0.2) is 13.0 Å². The molecule has 0 aliphatic heterocycles. The number of carbonyl (C=O) groups is 1. The Bertz CT molecular complexity index is 637. The summed E-state index contributed by atoms with van der Waals surface area (Å²) < 4.78 is 5.21. The lowest BCUT2D eigenvalue weighted by Crippen LogP contribution is -2.26. The number of amides is 1. The molecule has 0 aromatic heterocycles. The van der Waals surface area contributed by atoms with Crippen LogP contribution in [0.4, 0.5) is 0 Å². The molecule has 2 rings (SSSR count). The van der Waals surface area contributed by atoms with Crippen LogP contribution in [-0.2, 0) is 11.2 Å². The Balaban J connectivity index is 1.79. The van der Waals surface area contributed by atoms with Crippen LogP contribution in [0.25, 0.3) is 0 Å². The smallest absolute Gasteiger partial charge is 0.220 e. The third-order valence-corrected chi connectivity index (χ3v) is 4.08. The number of aryl methyl sites for hydroxylation is 2. The topological polar surface area (TPSA) is 38.3 Å². The van der Waals surface area contributed by atoms with Gasteiger partial charge in [0, 0.05) is 6.42 Å². The van der Waals surface area contributed by atoms with E-state index in [1.807, 2.05) is 49.4 Å². The second kappa shape index (κ2) is 8.37. The summed E-state index contributed by atoms with van der Waals surface area (Å²) in [5.41, 5.74) is 3.61. The van der Waals surface area contributed by atoms with Gasteiger partial charge in [-0.2, -0.15) is 0 Å². The molecular formula is C20H25NO2. The fourth-order valence-electron chi connectivity index (χ4n) is 2.65. The fourth-order valence-corrected chi connectivity index (χ4v) is 2.65. The zero-order chi connectivity index (χ0) is 16.7. The van der Waals surface area contributed by atoms with Gasteiger partial charge >= 0.3 is 0 Å². The van der Waals surface area contributed by atoms with Crippen molar-refractivity contribution in [3.8, 4) is 5.75 Å². The SMILES string of the molecule is COc1ccc(CCCC(=O)N[C@H](C)c2ccccc2)c(C)c1. The summed E-state index contributed by atoms with van der Waals surface area (Å²) in [6.45, 7) is 4.09. The summed E-state index contributed by atoms with van der Waals surface area (Å²) in [5, 5.41) is 3.06. The Kier molecular flexibility index (Phi) is 6.21. The van der Waals surface area contributed by atoms with Gasteiger partial charge in [0.25, 0.3) is 0 Å². The molecule has 0 radical (unpaired) electrons. The Hall–Kier alpha value is -2.29. The van der Waals surface area contributed by atoms with E-state index in [0.717, 1.165) is 24.2 Å². The fraction of sp³-hybridized carbons (Fsp3) is 0.350. The van der Waals surface area contributed by atoms with E-state index in [-0.39, 0.29) is 11.9 Å². The van der Waals surface area contributed by atoms with Gasteiger partial charge in [0.05, 0.1) is 13.2 Å². The van der Waals surface area contributed by atoms with Crippen molar-refractivity contribution in [2.75, 3.05) is 7.11 Å². The predicted molar refractivity (Wildman–Crippen MR) is 93.7 cm³/mol. The standard InChI is InChI=1S/C20H25NO2/c1-15-14-19(23-3)13-12-17(15)10-7-11-20(22)21-16(2)18-8-5-4-6-9-18/h4-6,8-9,12-14,16H,7,10-11H2,1-3H3,(H,21,22)/t16-/m1/s1. The van der Waals surface area contributed by atoms with Crippen molar-refractivity contribution in [2.45, 2.75) is 39.2 Å². The van der Waals surface area contributed by atoms with Crippen molar-refractivity contribution in [2.24, 2.45) is 0 Å². The summed E-state index contributed by atoms with van der Waals surface area (Å²) in [5.74, 6) is 0.980. The van der Waals surface area contributed by atoms with Crippen molar-refractivity contribution in [1.82, 2.24) is 5.32 Å². The maximum atomic E-state index is 12.1. The maximum Gasteiger partial charge on any atom is 0.220 e. The van der Waals surface area contributed by atoms with Crippen LogP contribution in [0, 0.1) is 6.92 Å². The highest BCUT2D eigenvalue weighted by Gasteiger charge is 2.09. The molecule has 0 saturated heterocycles. The lowest BCUT2D eigenvalue weighted by atomic mass is 10.0. The minimum atomic E-state index is 0.0476. The Morgan fingerprint density at radius 3 is 2.57 bits per heavy atom. The Morgan fingerprint density at radius 1 is 1.17 bits per heavy atom. The van der Waals surface area contributed by atoms with Crippen molar-refractivity contribution in [3.05, 3.63) is 65.2 Å². The molecule has 1 N–H and O–H groups in total. The van der Waals surface area contributed by atoms with Gasteiger partial charge in [-0.25, -0.2) is 0 Å². The van der Waals surface area contributed by atoms with Crippen molar-refractivity contribution in [3.63, 3.8) is 0 Å². The van der Waals surface area contributed by atoms with Gasteiger partial charge in [-0.15, -0.1) is 0 Å². The van der Waals surface area contributed by atoms with Crippen LogP contribution < -0.4 is 10.1 Å². The first-order valence-corrected chi connectivity index (χ1v) is 8.08. The van der Waals surface area contributed by atoms with Gasteiger partial charge in [-0.3, -0.25) is 4.79 Å². The minimum Gasteiger partial charge on any atom is -0.497 e. The highest BCUT2D eigenvalue weighted by molar-refractivity contribution is 5.76. The quantitative estimate of drug-likeness (QED) is 0.832. The number of rotatable bonds is 7. The van der Waals surface area contributed by atoms with Gasteiger partial charge in [0.2, 0.25) is 5.91 Å². The second-order valence-corrected chi connectivity index (χ2v) is 5.85. The van der Waals surface area contributed by atoms with Crippen LogP contribution in [0.2, 0.25) is 0 Å². The molecule has 0 unspecified atom stereocenters. The van der Waals surface area contributed by atoms with E-state index in [4.69, 9.17) is 4.74 Å². The van der Waals surface area contributed by atoms with E-state index in [2.05, 4.69) is 18.3 Å². The van der Waals surface area contributed by atoms with Crippen LogP contribution in [0.15, 0.2) is 48.5 Å². The summed E-state index contributed by atoms with van der Waals surface area (Å²) in [6.07, 6.45) is 2.30. The number of carbonyl (C=O) groups excluding carboxylic acids is 1. The van der Waals surface area contributed by atoms with Gasteiger partial charge in [0.1, 0.15) is 5.75 Å². The molecule has 2 aromatic rings. The molecule has 0 aliphatic carbocycles. The third-order valence-electron chi connectivity index (χ3n) is 4.08. The summed E-state index contributed by atoms with van der Waals surface area (Å²) >= 11 is 0. The van der Waals surface area contributed by atoms with E-state index >= 15 is 0 Å². The molecule has 0 bridgehead atoms. The minimum absolute atomic E-state index is 0.0476. The molecule has 3 nitrogen and oxygen atoms in total. The molecule has 122 valence electrons. The first kappa shape index (κ1) is 17.1. The van der Waals surface area contributed by atoms with Gasteiger partial charge in [-0.1, -0.05) is 36.4 Å². The van der Waals surface area contributed by atoms with Gasteiger partial charge in [-0.05, 0) is 55.5 Å². The normalized spacial score (nSPS) is 11.8. The van der Waals surface area contributed by atoms with Crippen LogP contribution in [0.5, 0.6) is 5.75 Å². The molecule has 1 atom stereocenters. The van der Waals surface area contributed by atoms with Crippen molar-refractivity contribution in [1.29, 1.82) is 0 Å². The first-order valence-electron chi connectivity index (χ1n) is 8.08. The van der Waals surface area contributed by atoms with Gasteiger partial charge < -0.3 is 10.1 Å². The summed E-state index contributed by atoms with van der Waals surface area (Å²) in [6, 6.07) is 16.2. The molecule has 0 saturated carbocycles. The molecule has 0 spiro atoms. The van der Waals surface area contributed by atoms with E-state index in [1.54, 1.807) is 7.11 Å². The largest absolute Gasteiger partial charge is 0.497 e. The molecule has 2 aromatic carbocycles. The predicted octanol–water partition coefficient (Wildman–Crippen LogP) is 4.20. The molecule has 23 heavy (non-hydrogen) atoms. The average Bonchev–Trinajstić information content (AvgIpc) is 2.57. The van der Waals surface area contributed by atoms with E-state index in [0.29, 0.717) is 6.42 Å². The highest BCUT2D eigenvalue weighted by Crippen LogP contribution is 2.18. The lowest BCUT2D eigenvalue weighted by Gasteiger charge is -2.14. The monoisotopic (exact) mass is 311 g/mol. The van der Waals surface area contributed by atoms with Crippen LogP contribution >= 0.6 is 0 Å². The zero-order valence-electron chi connectivity index (χ0n) is 14.1. The molecular weight excluding hydrogens is 286 g/mol. The van der Waals surface area contributed by atoms with Gasteiger partial charge in [0.15, 0.2) is 0 Å². The van der Waals surface area contributed by atoms with E-state index < -0.39 is 0 Å². The number of nitrogens with one attached hydrogen (secondary N) is 1. The average molecular weight is 311 g/mol. The Labute approximate surface area is 138 Å². The lowest BCUT2D eigenvalue weighted by molar-refractivity contribution is -0.121. The van der Waals surface area contributed by atoms with Crippen LogP contribution in [0.1, 0.15) is 42.5 Å². The van der Waals surface area contributed by atoms with Crippen molar-refractivity contribution < 1.29 is 9.53 Å². The van der Waals surface area contributed by atoms with E-state index in [1.165, 1.54) is 11.1 Å². The number of benzene rings is 2. The highest BCUT2D eigenvalue weighted by atomic mass is 16.5. The van der Waals surface area contributed by atoms with Crippen LogP contribution in [0.3, 0.4) is 0 Å². The zero-order valence-corrected chi connectivity index (χ0v) is 14.1. The Morgan fingerprint density at radius 2 is 1.91 bits per heavy atom. The van der Waals surface area contributed by atoms with E-state index in [9.17, 15) is 4.79 Å². The number of hydrogen-bond acceptors (Lipinski definition) is 2. The summed E-state index contributed by atoms with van der Waals surface area (Å²) in [7, 11) is 1.67. The third kappa shape index (κ3) is 5.13. The maximum absolute atomic E-state index is 12.1. The second-order valence-electron chi connectivity index (χ2n) is 5.85. The number of hydrogen-bond donors (Lipinski definition) is 1. The number of methoxy groups -OCH3 is 1. The van der Waals surface area contributed by atoms with Crippen molar-refractivity contribution >= 4 is 5.91 Å². The number of ether oxygens (including phenoxy) is 1. The first-order chi connectivity index (χ1) is 11.1. The molecule has 1 amide bonds. The molecule has 0 aliphatic rings.